The Balaban J connectivity index is 1.39. The summed E-state index contributed by atoms with van der Waals surface area (Å²) in [7, 11) is 1.84. The number of fused-ring (bicyclic) bond motifs is 2. The molecule has 1 aromatic heterocycles. The Morgan fingerprint density at radius 3 is 2.75 bits per heavy atom. The number of Topliss-reactive ketones (excluding diaryl/α,β-unsaturated/α-hetero) is 1. The smallest absolute Gasteiger partial charge is 0.271 e. The Hall–Kier alpha value is -3.36. The molecule has 0 radical (unpaired) electrons. The topological polar surface area (TPSA) is 123 Å². The molecule has 2 aromatic rings. The first-order chi connectivity index (χ1) is 17.4. The monoisotopic (exact) mass is 493 g/mol. The van der Waals surface area contributed by atoms with Gasteiger partial charge >= 0.3 is 0 Å². The maximum absolute atomic E-state index is 13.7. The van der Waals surface area contributed by atoms with Crippen molar-refractivity contribution >= 4 is 40.1 Å². The summed E-state index contributed by atoms with van der Waals surface area (Å²) in [6.45, 7) is 2.90. The van der Waals surface area contributed by atoms with Gasteiger partial charge in [0, 0.05) is 49.1 Å². The highest BCUT2D eigenvalue weighted by atomic mass is 16.2. The average Bonchev–Trinajstić information content (AvgIpc) is 3.66. The average molecular weight is 494 g/mol. The molecule has 3 fully saturated rings. The fraction of sp³-hybridized carbons (Fsp3) is 0.556. The normalized spacial score (nSPS) is 26.1. The third kappa shape index (κ3) is 4.35. The third-order valence-electron chi connectivity index (χ3n) is 8.32. The highest BCUT2D eigenvalue weighted by molar-refractivity contribution is 6.03. The fourth-order valence-corrected chi connectivity index (χ4v) is 6.42. The molecule has 1 saturated carbocycles. The van der Waals surface area contributed by atoms with E-state index in [4.69, 9.17) is 0 Å². The van der Waals surface area contributed by atoms with Crippen molar-refractivity contribution in [1.82, 2.24) is 20.5 Å². The van der Waals surface area contributed by atoms with Gasteiger partial charge in [0.2, 0.25) is 11.8 Å². The number of amides is 3. The largest absolute Gasteiger partial charge is 0.388 e. The summed E-state index contributed by atoms with van der Waals surface area (Å²) in [6, 6.07) is 6.30. The minimum atomic E-state index is -0.722. The van der Waals surface area contributed by atoms with Gasteiger partial charge in [0.1, 0.15) is 11.7 Å². The molecule has 4 N–H and O–H groups in total. The molecule has 1 aromatic carbocycles. The molecule has 9 heteroatoms. The van der Waals surface area contributed by atoms with E-state index in [1.165, 1.54) is 0 Å². The van der Waals surface area contributed by atoms with Crippen molar-refractivity contribution in [2.75, 3.05) is 25.5 Å². The summed E-state index contributed by atoms with van der Waals surface area (Å²) in [5, 5.41) is 9.85. The zero-order valence-electron chi connectivity index (χ0n) is 20.9. The van der Waals surface area contributed by atoms with Crippen molar-refractivity contribution in [3.63, 3.8) is 0 Å². The highest BCUT2D eigenvalue weighted by Gasteiger charge is 2.50. The van der Waals surface area contributed by atoms with Crippen LogP contribution in [0.15, 0.2) is 24.3 Å². The van der Waals surface area contributed by atoms with E-state index in [0.717, 1.165) is 35.9 Å². The van der Waals surface area contributed by atoms with Crippen LogP contribution in [0, 0.1) is 17.8 Å². The van der Waals surface area contributed by atoms with E-state index in [9.17, 15) is 19.2 Å². The van der Waals surface area contributed by atoms with E-state index in [0.29, 0.717) is 31.6 Å². The van der Waals surface area contributed by atoms with E-state index in [1.54, 1.807) is 11.8 Å². The van der Waals surface area contributed by atoms with Gasteiger partial charge in [-0.1, -0.05) is 19.4 Å². The van der Waals surface area contributed by atoms with Crippen LogP contribution in [0.5, 0.6) is 0 Å². The number of nitrogens with one attached hydrogen (secondary N) is 4. The van der Waals surface area contributed by atoms with Gasteiger partial charge in [-0.3, -0.25) is 19.2 Å². The molecule has 5 unspecified atom stereocenters. The second kappa shape index (κ2) is 9.95. The molecule has 0 spiro atoms. The second-order valence-electron chi connectivity index (χ2n) is 10.4. The van der Waals surface area contributed by atoms with Crippen molar-refractivity contribution in [3.05, 3.63) is 30.0 Å². The molecule has 5 atom stereocenters. The first-order valence-corrected chi connectivity index (χ1v) is 13.1. The van der Waals surface area contributed by atoms with Gasteiger partial charge in [-0.05, 0) is 55.7 Å². The predicted octanol–water partition coefficient (Wildman–Crippen LogP) is 2.44. The Morgan fingerprint density at radius 1 is 1.19 bits per heavy atom. The van der Waals surface area contributed by atoms with Crippen molar-refractivity contribution in [3.8, 4) is 0 Å². The lowest BCUT2D eigenvalue weighted by molar-refractivity contribution is -0.132. The van der Waals surface area contributed by atoms with Crippen molar-refractivity contribution in [2.45, 2.75) is 57.5 Å². The van der Waals surface area contributed by atoms with Crippen LogP contribution in [0.25, 0.3) is 10.9 Å². The van der Waals surface area contributed by atoms with Crippen LogP contribution in [-0.4, -0.2) is 65.6 Å². The van der Waals surface area contributed by atoms with Crippen LogP contribution in [0.2, 0.25) is 0 Å². The number of aromatic nitrogens is 1. The lowest BCUT2D eigenvalue weighted by atomic mass is 9.91. The number of rotatable bonds is 8. The molecule has 2 aliphatic heterocycles. The van der Waals surface area contributed by atoms with E-state index in [1.807, 2.05) is 31.3 Å². The number of hydrogen-bond donors (Lipinski definition) is 4. The van der Waals surface area contributed by atoms with Crippen LogP contribution < -0.4 is 16.0 Å². The quantitative estimate of drug-likeness (QED) is 0.450. The van der Waals surface area contributed by atoms with E-state index < -0.39 is 12.1 Å². The van der Waals surface area contributed by atoms with Gasteiger partial charge in [-0.15, -0.1) is 0 Å². The second-order valence-corrected chi connectivity index (χ2v) is 10.4. The number of hydrogen-bond acceptors (Lipinski definition) is 5. The number of aromatic amines is 1. The summed E-state index contributed by atoms with van der Waals surface area (Å²) in [5.41, 5.74) is 2.23. The van der Waals surface area contributed by atoms with Crippen LogP contribution in [0.3, 0.4) is 0 Å². The molecule has 3 heterocycles. The van der Waals surface area contributed by atoms with Crippen LogP contribution in [0.1, 0.15) is 55.9 Å². The van der Waals surface area contributed by atoms with Crippen LogP contribution in [0.4, 0.5) is 5.69 Å². The van der Waals surface area contributed by atoms with Gasteiger partial charge < -0.3 is 25.8 Å². The molecular formula is C27H35N5O4. The molecule has 192 valence electrons. The van der Waals surface area contributed by atoms with E-state index >= 15 is 0 Å². The number of carbonyl (C=O) groups excluding carboxylic acids is 4. The first-order valence-electron chi connectivity index (χ1n) is 13.1. The maximum Gasteiger partial charge on any atom is 0.271 e. The van der Waals surface area contributed by atoms with E-state index in [2.05, 4.69) is 20.9 Å². The summed E-state index contributed by atoms with van der Waals surface area (Å²) in [4.78, 5) is 57.3. The summed E-state index contributed by atoms with van der Waals surface area (Å²) >= 11 is 0. The van der Waals surface area contributed by atoms with Gasteiger partial charge in [0.15, 0.2) is 5.78 Å². The standard InChI is InChI=1S/C27H35N5O4/c1-3-23(33)21(12-15-10-11-29-25(15)34)31-26(35)24-17-7-4-6-16(17)14-32(24)27(36)22-13-18-19(28-2)8-5-9-20(18)30-22/h5,8-9,13,15-17,21,24,28,30H,3-4,6-7,10-12,14H2,1-2H3,(H,29,34)(H,31,35). The maximum atomic E-state index is 13.7. The van der Waals surface area contributed by atoms with Crippen molar-refractivity contribution < 1.29 is 19.2 Å². The molecule has 3 amide bonds. The lowest BCUT2D eigenvalue weighted by Crippen LogP contribution is -2.53. The molecule has 3 aliphatic rings. The first kappa shape index (κ1) is 24.3. The molecule has 9 nitrogen and oxygen atoms in total. The number of H-pyrrole nitrogens is 1. The molecule has 1 aliphatic carbocycles. The van der Waals surface area contributed by atoms with Crippen LogP contribution in [-0.2, 0) is 14.4 Å². The Kier molecular flexibility index (Phi) is 6.73. The molecule has 0 bridgehead atoms. The minimum Gasteiger partial charge on any atom is -0.388 e. The van der Waals surface area contributed by atoms with Crippen LogP contribution >= 0.6 is 0 Å². The summed E-state index contributed by atoms with van der Waals surface area (Å²) in [6.07, 6.45) is 4.17. The molecule has 36 heavy (non-hydrogen) atoms. The number of nitrogens with zero attached hydrogens (tertiary/aromatic N) is 1. The highest BCUT2D eigenvalue weighted by Crippen LogP contribution is 2.43. The minimum absolute atomic E-state index is 0.0635. The Bertz CT molecular complexity index is 1190. The molecular weight excluding hydrogens is 458 g/mol. The summed E-state index contributed by atoms with van der Waals surface area (Å²) in [5.74, 6) is -0.546. The zero-order valence-corrected chi connectivity index (χ0v) is 20.9. The lowest BCUT2D eigenvalue weighted by Gasteiger charge is -2.29. The summed E-state index contributed by atoms with van der Waals surface area (Å²) < 4.78 is 0. The number of likely N-dealkylation sites (tertiary alicyclic amines) is 1. The third-order valence-corrected chi connectivity index (χ3v) is 8.32. The molecule has 2 saturated heterocycles. The van der Waals surface area contributed by atoms with Crippen molar-refractivity contribution in [2.24, 2.45) is 17.8 Å². The van der Waals surface area contributed by atoms with Gasteiger partial charge in [-0.2, -0.15) is 0 Å². The Morgan fingerprint density at radius 2 is 2.03 bits per heavy atom. The predicted molar refractivity (Wildman–Crippen MR) is 136 cm³/mol. The van der Waals surface area contributed by atoms with E-state index in [-0.39, 0.29) is 47.7 Å². The van der Waals surface area contributed by atoms with Gasteiger partial charge in [-0.25, -0.2) is 0 Å². The Labute approximate surface area is 210 Å². The van der Waals surface area contributed by atoms with Gasteiger partial charge in [0.25, 0.3) is 5.91 Å². The number of anilines is 1. The van der Waals surface area contributed by atoms with Crippen molar-refractivity contribution in [1.29, 1.82) is 0 Å². The SMILES string of the molecule is CCC(=O)C(CC1CCNC1=O)NC(=O)C1C2CCCC2CN1C(=O)c1cc2c(NC)cccc2[nH]1. The number of ketones is 1. The van der Waals surface area contributed by atoms with Gasteiger partial charge in [0.05, 0.1) is 6.04 Å². The number of carbonyl (C=O) groups is 4. The number of benzene rings is 1. The fourth-order valence-electron chi connectivity index (χ4n) is 6.42. The zero-order chi connectivity index (χ0) is 25.4. The molecule has 5 rings (SSSR count).